The van der Waals surface area contributed by atoms with E-state index in [1.54, 1.807) is 0 Å². The summed E-state index contributed by atoms with van der Waals surface area (Å²) in [6.45, 7) is 8.81. The summed E-state index contributed by atoms with van der Waals surface area (Å²) in [6, 6.07) is 5.33. The van der Waals surface area contributed by atoms with E-state index < -0.39 is 0 Å². The fraction of sp³-hybridized carbons (Fsp3) is 0.579. The molecule has 0 spiro atoms. The molecule has 1 fully saturated rings. The Bertz CT molecular complexity index is 601. The van der Waals surface area contributed by atoms with Gasteiger partial charge in [-0.05, 0) is 50.6 Å². The quantitative estimate of drug-likeness (QED) is 0.849. The number of aryl methyl sites for hydroxylation is 1. The zero-order valence-corrected chi connectivity index (χ0v) is 14.9. The van der Waals surface area contributed by atoms with E-state index in [2.05, 4.69) is 56.9 Å². The minimum absolute atomic E-state index is 0.473. The molecule has 1 saturated heterocycles. The van der Waals surface area contributed by atoms with Crippen LogP contribution >= 0.6 is 0 Å². The summed E-state index contributed by atoms with van der Waals surface area (Å²) in [5.74, 6) is 1.18. The SMILES string of the molecule is CCc1nccn1C[C@H](C)NC1CCN(Cc2ccncc2)CC1. The first-order valence-electron chi connectivity index (χ1n) is 9.12. The van der Waals surface area contributed by atoms with Crippen molar-refractivity contribution in [2.24, 2.45) is 0 Å². The highest BCUT2D eigenvalue weighted by atomic mass is 15.2. The van der Waals surface area contributed by atoms with Crippen LogP contribution in [0, 0.1) is 0 Å². The molecule has 0 aliphatic carbocycles. The van der Waals surface area contributed by atoms with Gasteiger partial charge in [0.2, 0.25) is 0 Å². The van der Waals surface area contributed by atoms with E-state index in [0.717, 1.165) is 32.6 Å². The minimum atomic E-state index is 0.473. The Balaban J connectivity index is 1.42. The highest BCUT2D eigenvalue weighted by Crippen LogP contribution is 2.14. The smallest absolute Gasteiger partial charge is 0.108 e. The maximum atomic E-state index is 4.41. The van der Waals surface area contributed by atoms with Crippen LogP contribution in [0.25, 0.3) is 0 Å². The van der Waals surface area contributed by atoms with Crippen molar-refractivity contribution in [2.45, 2.75) is 58.3 Å². The zero-order valence-electron chi connectivity index (χ0n) is 14.9. The summed E-state index contributed by atoms with van der Waals surface area (Å²) < 4.78 is 2.27. The van der Waals surface area contributed by atoms with E-state index >= 15 is 0 Å². The zero-order chi connectivity index (χ0) is 16.8. The number of pyridine rings is 1. The van der Waals surface area contributed by atoms with Gasteiger partial charge in [-0.1, -0.05) is 6.92 Å². The van der Waals surface area contributed by atoms with Crippen LogP contribution in [0.4, 0.5) is 0 Å². The number of hydrogen-bond donors (Lipinski definition) is 1. The number of nitrogens with one attached hydrogen (secondary N) is 1. The van der Waals surface area contributed by atoms with E-state index in [4.69, 9.17) is 0 Å². The molecule has 2 aromatic heterocycles. The summed E-state index contributed by atoms with van der Waals surface area (Å²) >= 11 is 0. The van der Waals surface area contributed by atoms with Gasteiger partial charge in [-0.3, -0.25) is 9.88 Å². The van der Waals surface area contributed by atoms with Crippen LogP contribution < -0.4 is 5.32 Å². The van der Waals surface area contributed by atoms with Crippen molar-refractivity contribution in [2.75, 3.05) is 13.1 Å². The van der Waals surface area contributed by atoms with Crippen molar-refractivity contribution >= 4 is 0 Å². The predicted octanol–water partition coefficient (Wildman–Crippen LogP) is 2.48. The Morgan fingerprint density at radius 2 is 1.96 bits per heavy atom. The summed E-state index contributed by atoms with van der Waals surface area (Å²) in [4.78, 5) is 11.0. The molecular formula is C19H29N5. The highest BCUT2D eigenvalue weighted by Gasteiger charge is 2.20. The summed E-state index contributed by atoms with van der Waals surface area (Å²) in [5, 5.41) is 3.81. The largest absolute Gasteiger partial charge is 0.333 e. The number of likely N-dealkylation sites (tertiary alicyclic amines) is 1. The van der Waals surface area contributed by atoms with Gasteiger partial charge in [0.1, 0.15) is 5.82 Å². The lowest BCUT2D eigenvalue weighted by Gasteiger charge is -2.34. The molecule has 0 bridgehead atoms. The van der Waals surface area contributed by atoms with Crippen LogP contribution in [0.3, 0.4) is 0 Å². The van der Waals surface area contributed by atoms with Crippen molar-refractivity contribution in [1.82, 2.24) is 24.8 Å². The number of piperidine rings is 1. The average Bonchev–Trinajstić information content (AvgIpc) is 3.04. The lowest BCUT2D eigenvalue weighted by Crippen LogP contribution is -2.46. The van der Waals surface area contributed by atoms with Crippen LogP contribution in [0.5, 0.6) is 0 Å². The number of nitrogens with zero attached hydrogens (tertiary/aromatic N) is 4. The molecule has 1 atom stereocenters. The maximum absolute atomic E-state index is 4.41. The molecule has 130 valence electrons. The van der Waals surface area contributed by atoms with E-state index in [9.17, 15) is 0 Å². The van der Waals surface area contributed by atoms with Crippen molar-refractivity contribution in [3.8, 4) is 0 Å². The fourth-order valence-electron chi connectivity index (χ4n) is 3.57. The molecule has 3 rings (SSSR count). The molecule has 0 radical (unpaired) electrons. The Labute approximate surface area is 145 Å². The number of aromatic nitrogens is 3. The molecule has 24 heavy (non-hydrogen) atoms. The van der Waals surface area contributed by atoms with Gasteiger partial charge in [-0.15, -0.1) is 0 Å². The van der Waals surface area contributed by atoms with Crippen LogP contribution in [-0.2, 0) is 19.5 Å². The molecule has 1 aliphatic heterocycles. The second kappa shape index (κ2) is 8.40. The molecule has 0 aromatic carbocycles. The van der Waals surface area contributed by atoms with E-state index in [0.29, 0.717) is 12.1 Å². The van der Waals surface area contributed by atoms with Crippen molar-refractivity contribution in [3.63, 3.8) is 0 Å². The first-order chi connectivity index (χ1) is 11.7. The molecule has 0 saturated carbocycles. The monoisotopic (exact) mass is 327 g/mol. The lowest BCUT2D eigenvalue weighted by atomic mass is 10.0. The van der Waals surface area contributed by atoms with Crippen molar-refractivity contribution in [3.05, 3.63) is 48.3 Å². The van der Waals surface area contributed by atoms with Crippen molar-refractivity contribution in [1.29, 1.82) is 0 Å². The normalized spacial score (nSPS) is 17.9. The van der Waals surface area contributed by atoms with Gasteiger partial charge >= 0.3 is 0 Å². The molecule has 0 amide bonds. The topological polar surface area (TPSA) is 46.0 Å². The third-order valence-electron chi connectivity index (χ3n) is 4.85. The molecular weight excluding hydrogens is 298 g/mol. The number of hydrogen-bond acceptors (Lipinski definition) is 4. The van der Waals surface area contributed by atoms with E-state index in [1.165, 1.54) is 24.2 Å². The van der Waals surface area contributed by atoms with Crippen LogP contribution in [0.15, 0.2) is 36.9 Å². The standard InChI is InChI=1S/C19H29N5/c1-3-19-21-10-13-24(19)14-16(2)22-18-6-11-23(12-7-18)15-17-4-8-20-9-5-17/h4-5,8-10,13,16,18,22H,3,6-7,11-12,14-15H2,1-2H3/t16-/m0/s1. The minimum Gasteiger partial charge on any atom is -0.333 e. The summed E-state index contributed by atoms with van der Waals surface area (Å²) in [7, 11) is 0. The number of imidazole rings is 1. The third-order valence-corrected chi connectivity index (χ3v) is 4.85. The predicted molar refractivity (Wildman–Crippen MR) is 96.7 cm³/mol. The van der Waals surface area contributed by atoms with Crippen LogP contribution in [0.2, 0.25) is 0 Å². The Hall–Kier alpha value is -1.72. The fourth-order valence-corrected chi connectivity index (χ4v) is 3.57. The molecule has 2 aromatic rings. The molecule has 5 nitrogen and oxygen atoms in total. The second-order valence-electron chi connectivity index (χ2n) is 6.82. The Morgan fingerprint density at radius 3 is 2.67 bits per heavy atom. The van der Waals surface area contributed by atoms with Gasteiger partial charge in [0.25, 0.3) is 0 Å². The van der Waals surface area contributed by atoms with Gasteiger partial charge in [0, 0.05) is 56.4 Å². The van der Waals surface area contributed by atoms with Gasteiger partial charge < -0.3 is 9.88 Å². The Kier molecular flexibility index (Phi) is 5.99. The molecule has 5 heteroatoms. The van der Waals surface area contributed by atoms with E-state index in [-0.39, 0.29) is 0 Å². The van der Waals surface area contributed by atoms with Gasteiger partial charge in [0.05, 0.1) is 0 Å². The highest BCUT2D eigenvalue weighted by molar-refractivity contribution is 5.09. The first kappa shape index (κ1) is 17.1. The molecule has 0 unspecified atom stereocenters. The molecule has 1 N–H and O–H groups in total. The van der Waals surface area contributed by atoms with Crippen molar-refractivity contribution < 1.29 is 0 Å². The molecule has 1 aliphatic rings. The lowest BCUT2D eigenvalue weighted by molar-refractivity contribution is 0.183. The molecule has 3 heterocycles. The Morgan fingerprint density at radius 1 is 1.21 bits per heavy atom. The summed E-state index contributed by atoms with van der Waals surface area (Å²) in [5.41, 5.74) is 1.36. The summed E-state index contributed by atoms with van der Waals surface area (Å²) in [6.07, 6.45) is 11.2. The maximum Gasteiger partial charge on any atom is 0.108 e. The van der Waals surface area contributed by atoms with E-state index in [1.807, 2.05) is 18.6 Å². The number of rotatable bonds is 7. The third kappa shape index (κ3) is 4.65. The van der Waals surface area contributed by atoms with Gasteiger partial charge in [0.15, 0.2) is 0 Å². The van der Waals surface area contributed by atoms with Crippen LogP contribution in [-0.4, -0.2) is 44.6 Å². The average molecular weight is 327 g/mol. The van der Waals surface area contributed by atoms with Gasteiger partial charge in [-0.25, -0.2) is 4.98 Å². The van der Waals surface area contributed by atoms with Crippen LogP contribution in [0.1, 0.15) is 38.1 Å². The second-order valence-corrected chi connectivity index (χ2v) is 6.82. The van der Waals surface area contributed by atoms with Gasteiger partial charge in [-0.2, -0.15) is 0 Å². The first-order valence-corrected chi connectivity index (χ1v) is 9.12.